The first-order valence-corrected chi connectivity index (χ1v) is 6.55. The van der Waals surface area contributed by atoms with Crippen LogP contribution >= 0.6 is 0 Å². The fourth-order valence-electron chi connectivity index (χ4n) is 1.80. The van der Waals surface area contributed by atoms with E-state index >= 15 is 0 Å². The molecule has 1 aromatic heterocycles. The number of hydrogen-bond donors (Lipinski definition) is 2. The fraction of sp³-hybridized carbons (Fsp3) is 0.333. The molecule has 1 aromatic carbocycles. The normalized spacial score (nSPS) is 10.7. The molecule has 2 rings (SSSR count). The smallest absolute Gasteiger partial charge is 0.129 e. The maximum absolute atomic E-state index is 5.66. The lowest BCUT2D eigenvalue weighted by Crippen LogP contribution is -2.07. The third kappa shape index (κ3) is 3.95. The summed E-state index contributed by atoms with van der Waals surface area (Å²) >= 11 is 0. The van der Waals surface area contributed by atoms with Gasteiger partial charge in [-0.3, -0.25) is 0 Å². The first-order chi connectivity index (χ1) is 9.15. The van der Waals surface area contributed by atoms with Crippen LogP contribution in [0.1, 0.15) is 31.0 Å². The van der Waals surface area contributed by atoms with Gasteiger partial charge in [0.1, 0.15) is 12.1 Å². The Hall–Kier alpha value is -2.10. The van der Waals surface area contributed by atoms with E-state index in [1.807, 2.05) is 18.2 Å². The third-order valence-corrected chi connectivity index (χ3v) is 2.98. The van der Waals surface area contributed by atoms with Crippen molar-refractivity contribution in [3.63, 3.8) is 0 Å². The van der Waals surface area contributed by atoms with Gasteiger partial charge in [-0.1, -0.05) is 26.0 Å². The summed E-state index contributed by atoms with van der Waals surface area (Å²) in [7, 11) is 0. The van der Waals surface area contributed by atoms with Gasteiger partial charge in [-0.2, -0.15) is 0 Å². The molecule has 1 heterocycles. The van der Waals surface area contributed by atoms with E-state index in [1.54, 1.807) is 6.33 Å². The lowest BCUT2D eigenvalue weighted by molar-refractivity contribution is 0.813. The maximum Gasteiger partial charge on any atom is 0.129 e. The molecule has 100 valence electrons. The van der Waals surface area contributed by atoms with E-state index in [9.17, 15) is 0 Å². The Morgan fingerprint density at radius 3 is 2.58 bits per heavy atom. The first kappa shape index (κ1) is 13.3. The molecule has 4 nitrogen and oxygen atoms in total. The van der Waals surface area contributed by atoms with Gasteiger partial charge in [0.05, 0.1) is 0 Å². The zero-order valence-corrected chi connectivity index (χ0v) is 11.4. The SMILES string of the molecule is CC(C)c1cc(NCCc2ccc(N)cc2)ncn1. The summed E-state index contributed by atoms with van der Waals surface area (Å²) in [6.07, 6.45) is 2.56. The second-order valence-electron chi connectivity index (χ2n) is 4.90. The zero-order valence-electron chi connectivity index (χ0n) is 11.4. The van der Waals surface area contributed by atoms with Crippen LogP contribution in [0.15, 0.2) is 36.7 Å². The summed E-state index contributed by atoms with van der Waals surface area (Å²) in [6.45, 7) is 5.10. The van der Waals surface area contributed by atoms with E-state index < -0.39 is 0 Å². The molecule has 0 radical (unpaired) electrons. The van der Waals surface area contributed by atoms with Gasteiger partial charge >= 0.3 is 0 Å². The summed E-state index contributed by atoms with van der Waals surface area (Å²) in [5, 5.41) is 3.32. The van der Waals surface area contributed by atoms with Crippen molar-refractivity contribution in [3.05, 3.63) is 47.9 Å². The number of anilines is 2. The van der Waals surface area contributed by atoms with Gasteiger partial charge in [-0.05, 0) is 30.0 Å². The van der Waals surface area contributed by atoms with Gasteiger partial charge in [0.15, 0.2) is 0 Å². The molecule has 4 heteroatoms. The molecule has 0 spiro atoms. The largest absolute Gasteiger partial charge is 0.399 e. The predicted octanol–water partition coefficient (Wildman–Crippen LogP) is 2.84. The van der Waals surface area contributed by atoms with Gasteiger partial charge in [-0.25, -0.2) is 9.97 Å². The molecular formula is C15H20N4. The molecule has 0 aliphatic rings. The van der Waals surface area contributed by atoms with Gasteiger partial charge in [0.2, 0.25) is 0 Å². The molecule has 0 aliphatic carbocycles. The molecular weight excluding hydrogens is 236 g/mol. The second kappa shape index (κ2) is 6.18. The number of rotatable bonds is 5. The third-order valence-electron chi connectivity index (χ3n) is 2.98. The highest BCUT2D eigenvalue weighted by Crippen LogP contribution is 2.13. The van der Waals surface area contributed by atoms with Crippen molar-refractivity contribution < 1.29 is 0 Å². The topological polar surface area (TPSA) is 63.8 Å². The number of nitrogens with two attached hydrogens (primary N) is 1. The molecule has 0 atom stereocenters. The van der Waals surface area contributed by atoms with Crippen molar-refractivity contribution in [1.29, 1.82) is 0 Å². The number of nitrogen functional groups attached to an aromatic ring is 1. The van der Waals surface area contributed by atoms with Crippen LogP contribution in [-0.4, -0.2) is 16.5 Å². The van der Waals surface area contributed by atoms with Crippen LogP contribution in [0, 0.1) is 0 Å². The standard InChI is InChI=1S/C15H20N4/c1-11(2)14-9-15(19-10-18-14)17-8-7-12-3-5-13(16)6-4-12/h3-6,9-11H,7-8,16H2,1-2H3,(H,17,18,19). The highest BCUT2D eigenvalue weighted by Gasteiger charge is 2.02. The van der Waals surface area contributed by atoms with E-state index in [4.69, 9.17) is 5.73 Å². The molecule has 2 aromatic rings. The minimum Gasteiger partial charge on any atom is -0.399 e. The van der Waals surface area contributed by atoms with Gasteiger partial charge in [0, 0.05) is 24.0 Å². The summed E-state index contributed by atoms with van der Waals surface area (Å²) in [5.74, 6) is 1.30. The van der Waals surface area contributed by atoms with Crippen molar-refractivity contribution in [2.24, 2.45) is 0 Å². The molecule has 0 aliphatic heterocycles. The summed E-state index contributed by atoms with van der Waals surface area (Å²) in [4.78, 5) is 8.47. The van der Waals surface area contributed by atoms with Crippen LogP contribution in [-0.2, 0) is 6.42 Å². The lowest BCUT2D eigenvalue weighted by Gasteiger charge is -2.08. The Labute approximate surface area is 114 Å². The highest BCUT2D eigenvalue weighted by molar-refractivity contribution is 5.40. The average molecular weight is 256 g/mol. The van der Waals surface area contributed by atoms with Crippen LogP contribution in [0.4, 0.5) is 11.5 Å². The molecule has 0 bridgehead atoms. The van der Waals surface area contributed by atoms with Crippen molar-refractivity contribution in [2.45, 2.75) is 26.2 Å². The van der Waals surface area contributed by atoms with E-state index in [0.717, 1.165) is 30.2 Å². The summed E-state index contributed by atoms with van der Waals surface area (Å²) < 4.78 is 0. The highest BCUT2D eigenvalue weighted by atomic mass is 15.0. The molecule has 19 heavy (non-hydrogen) atoms. The first-order valence-electron chi connectivity index (χ1n) is 6.55. The van der Waals surface area contributed by atoms with Gasteiger partial charge in [-0.15, -0.1) is 0 Å². The molecule has 0 amide bonds. The second-order valence-corrected chi connectivity index (χ2v) is 4.90. The molecule has 0 saturated carbocycles. The minimum atomic E-state index is 0.417. The Bertz CT molecular complexity index is 520. The summed E-state index contributed by atoms with van der Waals surface area (Å²) in [5.41, 5.74) is 8.78. The van der Waals surface area contributed by atoms with Crippen LogP contribution < -0.4 is 11.1 Å². The molecule has 0 fully saturated rings. The molecule has 0 saturated heterocycles. The number of nitrogens with one attached hydrogen (secondary N) is 1. The average Bonchev–Trinajstić information content (AvgIpc) is 2.41. The monoisotopic (exact) mass is 256 g/mol. The number of hydrogen-bond acceptors (Lipinski definition) is 4. The Morgan fingerprint density at radius 1 is 1.16 bits per heavy atom. The van der Waals surface area contributed by atoms with E-state index in [2.05, 4.69) is 41.3 Å². The van der Waals surface area contributed by atoms with Crippen LogP contribution in [0.5, 0.6) is 0 Å². The Kier molecular flexibility index (Phi) is 4.34. The molecule has 0 unspecified atom stereocenters. The van der Waals surface area contributed by atoms with Crippen LogP contribution in [0.2, 0.25) is 0 Å². The van der Waals surface area contributed by atoms with E-state index in [0.29, 0.717) is 5.92 Å². The minimum absolute atomic E-state index is 0.417. The fourth-order valence-corrected chi connectivity index (χ4v) is 1.80. The number of benzene rings is 1. The summed E-state index contributed by atoms with van der Waals surface area (Å²) in [6, 6.07) is 9.97. The van der Waals surface area contributed by atoms with E-state index in [1.165, 1.54) is 5.56 Å². The van der Waals surface area contributed by atoms with Crippen LogP contribution in [0.25, 0.3) is 0 Å². The predicted molar refractivity (Wildman–Crippen MR) is 79.2 cm³/mol. The number of aromatic nitrogens is 2. The van der Waals surface area contributed by atoms with Crippen molar-refractivity contribution in [2.75, 3.05) is 17.6 Å². The quantitative estimate of drug-likeness (QED) is 0.807. The zero-order chi connectivity index (χ0) is 13.7. The lowest BCUT2D eigenvalue weighted by atomic mass is 10.1. The van der Waals surface area contributed by atoms with Gasteiger partial charge in [0.25, 0.3) is 0 Å². The van der Waals surface area contributed by atoms with Crippen LogP contribution in [0.3, 0.4) is 0 Å². The molecule has 3 N–H and O–H groups in total. The van der Waals surface area contributed by atoms with Gasteiger partial charge < -0.3 is 11.1 Å². The Balaban J connectivity index is 1.88. The number of nitrogens with zero attached hydrogens (tertiary/aromatic N) is 2. The Morgan fingerprint density at radius 2 is 1.89 bits per heavy atom. The van der Waals surface area contributed by atoms with Crippen molar-refractivity contribution in [3.8, 4) is 0 Å². The van der Waals surface area contributed by atoms with E-state index in [-0.39, 0.29) is 0 Å². The maximum atomic E-state index is 5.66. The van der Waals surface area contributed by atoms with Crippen molar-refractivity contribution in [1.82, 2.24) is 9.97 Å². The van der Waals surface area contributed by atoms with Crippen molar-refractivity contribution >= 4 is 11.5 Å².